The van der Waals surface area contributed by atoms with Gasteiger partial charge in [0, 0.05) is 11.7 Å². The number of amides is 1. The summed E-state index contributed by atoms with van der Waals surface area (Å²) in [5, 5.41) is 9.24. The van der Waals surface area contributed by atoms with E-state index < -0.39 is 0 Å². The number of nitrogens with zero attached hydrogens (tertiary/aromatic N) is 4. The maximum atomic E-state index is 12.7. The minimum atomic E-state index is 0.0196. The van der Waals surface area contributed by atoms with E-state index in [1.54, 1.807) is 0 Å². The third-order valence-corrected chi connectivity index (χ3v) is 4.88. The molecule has 0 saturated heterocycles. The molecule has 122 valence electrons. The molecule has 24 heavy (non-hydrogen) atoms. The van der Waals surface area contributed by atoms with Gasteiger partial charge in [-0.3, -0.25) is 4.79 Å². The van der Waals surface area contributed by atoms with Gasteiger partial charge >= 0.3 is 0 Å². The maximum absolute atomic E-state index is 12.7. The molecule has 0 aliphatic carbocycles. The molecular weight excluding hydrogens is 322 g/mol. The molecule has 2 aromatic rings. The summed E-state index contributed by atoms with van der Waals surface area (Å²) in [6.07, 6.45) is 3.32. The zero-order valence-electron chi connectivity index (χ0n) is 13.3. The Morgan fingerprint density at radius 3 is 3.04 bits per heavy atom. The minimum Gasteiger partial charge on any atom is -0.382 e. The molecule has 0 bridgehead atoms. The van der Waals surface area contributed by atoms with Crippen molar-refractivity contribution in [3.05, 3.63) is 41.6 Å². The number of anilines is 2. The van der Waals surface area contributed by atoms with E-state index in [2.05, 4.69) is 23.0 Å². The van der Waals surface area contributed by atoms with E-state index in [0.29, 0.717) is 5.16 Å². The fourth-order valence-corrected chi connectivity index (χ4v) is 3.48. The second-order valence-corrected chi connectivity index (χ2v) is 6.57. The van der Waals surface area contributed by atoms with Crippen molar-refractivity contribution in [2.75, 3.05) is 16.4 Å². The molecule has 1 atom stereocenters. The Labute approximate surface area is 144 Å². The summed E-state index contributed by atoms with van der Waals surface area (Å²) in [5.41, 5.74) is 8.11. The number of rotatable bonds is 3. The van der Waals surface area contributed by atoms with E-state index in [1.165, 1.54) is 23.5 Å². The van der Waals surface area contributed by atoms with Crippen molar-refractivity contribution in [2.45, 2.75) is 31.0 Å². The Morgan fingerprint density at radius 1 is 1.50 bits per heavy atom. The van der Waals surface area contributed by atoms with Crippen LogP contribution in [0.4, 0.5) is 11.5 Å². The molecule has 1 unspecified atom stereocenters. The standard InChI is InChI=1S/C17H17N5OS/c1-11-6-7-12-4-2-3-5-14(12)22(11)15(23)10-24-17-20-9-13(8-18)16(19)21-17/h2-5,9,11H,6-7,10H2,1H3,(H2,19,20,21). The highest BCUT2D eigenvalue weighted by Crippen LogP contribution is 2.31. The van der Waals surface area contributed by atoms with Crippen molar-refractivity contribution in [3.63, 3.8) is 0 Å². The lowest BCUT2D eigenvalue weighted by atomic mass is 9.97. The first-order valence-corrected chi connectivity index (χ1v) is 8.64. The number of fused-ring (bicyclic) bond motifs is 1. The quantitative estimate of drug-likeness (QED) is 0.681. The highest BCUT2D eigenvalue weighted by Gasteiger charge is 2.27. The van der Waals surface area contributed by atoms with Crippen LogP contribution < -0.4 is 10.6 Å². The molecular formula is C17H17N5OS. The fourth-order valence-electron chi connectivity index (χ4n) is 2.80. The van der Waals surface area contributed by atoms with Crippen LogP contribution in [0.2, 0.25) is 0 Å². The van der Waals surface area contributed by atoms with E-state index in [9.17, 15) is 4.79 Å². The van der Waals surface area contributed by atoms with E-state index in [-0.39, 0.29) is 29.1 Å². The Morgan fingerprint density at radius 2 is 2.29 bits per heavy atom. The number of thioether (sulfide) groups is 1. The van der Waals surface area contributed by atoms with Gasteiger partial charge in [0.25, 0.3) is 0 Å². The number of benzene rings is 1. The van der Waals surface area contributed by atoms with Crippen LogP contribution in [0.5, 0.6) is 0 Å². The summed E-state index contributed by atoms with van der Waals surface area (Å²) < 4.78 is 0. The molecule has 7 heteroatoms. The van der Waals surface area contributed by atoms with Crippen molar-refractivity contribution in [1.82, 2.24) is 9.97 Å². The molecule has 1 aromatic carbocycles. The Balaban J connectivity index is 1.73. The highest BCUT2D eigenvalue weighted by atomic mass is 32.2. The smallest absolute Gasteiger partial charge is 0.237 e. The van der Waals surface area contributed by atoms with Crippen LogP contribution in [0.15, 0.2) is 35.6 Å². The summed E-state index contributed by atoms with van der Waals surface area (Å²) in [6, 6.07) is 10.1. The fraction of sp³-hybridized carbons (Fsp3) is 0.294. The largest absolute Gasteiger partial charge is 0.382 e. The van der Waals surface area contributed by atoms with Crippen LogP contribution in [-0.4, -0.2) is 27.7 Å². The molecule has 1 aliphatic rings. The van der Waals surface area contributed by atoms with Crippen molar-refractivity contribution in [3.8, 4) is 6.07 Å². The summed E-state index contributed by atoms with van der Waals surface area (Å²) in [5.74, 6) is 0.384. The summed E-state index contributed by atoms with van der Waals surface area (Å²) in [4.78, 5) is 22.7. The van der Waals surface area contributed by atoms with Crippen LogP contribution in [-0.2, 0) is 11.2 Å². The van der Waals surface area contributed by atoms with Gasteiger partial charge in [-0.05, 0) is 31.4 Å². The number of aryl methyl sites for hydroxylation is 1. The number of para-hydroxylation sites is 1. The Hall–Kier alpha value is -2.59. The SMILES string of the molecule is CC1CCc2ccccc2N1C(=O)CSc1ncc(C#N)c(N)n1. The maximum Gasteiger partial charge on any atom is 0.237 e. The molecule has 1 aliphatic heterocycles. The number of carbonyl (C=O) groups excluding carboxylic acids is 1. The van der Waals surface area contributed by atoms with Gasteiger partial charge in [0.1, 0.15) is 17.5 Å². The van der Waals surface area contributed by atoms with Gasteiger partial charge in [0.2, 0.25) is 5.91 Å². The number of hydrogen-bond acceptors (Lipinski definition) is 6. The minimum absolute atomic E-state index is 0.0196. The first-order chi connectivity index (χ1) is 11.6. The number of hydrogen-bond donors (Lipinski definition) is 1. The Kier molecular flexibility index (Phi) is 4.67. The van der Waals surface area contributed by atoms with Gasteiger partial charge < -0.3 is 10.6 Å². The average Bonchev–Trinajstić information content (AvgIpc) is 2.59. The monoisotopic (exact) mass is 339 g/mol. The molecule has 0 spiro atoms. The summed E-state index contributed by atoms with van der Waals surface area (Å²) >= 11 is 1.23. The van der Waals surface area contributed by atoms with Gasteiger partial charge in [-0.15, -0.1) is 0 Å². The van der Waals surface area contributed by atoms with Gasteiger partial charge in [-0.2, -0.15) is 5.26 Å². The van der Waals surface area contributed by atoms with Crippen LogP contribution in [0.3, 0.4) is 0 Å². The normalized spacial score (nSPS) is 16.3. The van der Waals surface area contributed by atoms with Crippen molar-refractivity contribution in [1.29, 1.82) is 5.26 Å². The highest BCUT2D eigenvalue weighted by molar-refractivity contribution is 7.99. The zero-order chi connectivity index (χ0) is 17.1. The van der Waals surface area contributed by atoms with Gasteiger partial charge in [0.15, 0.2) is 5.16 Å². The number of carbonyl (C=O) groups is 1. The first-order valence-electron chi connectivity index (χ1n) is 7.65. The second kappa shape index (κ2) is 6.89. The number of nitrogens with two attached hydrogens (primary N) is 1. The number of aromatic nitrogens is 2. The predicted molar refractivity (Wildman–Crippen MR) is 93.6 cm³/mol. The summed E-state index contributed by atoms with van der Waals surface area (Å²) in [6.45, 7) is 2.06. The number of nitrogen functional groups attached to an aromatic ring is 1. The topological polar surface area (TPSA) is 95.9 Å². The van der Waals surface area contributed by atoms with Crippen LogP contribution >= 0.6 is 11.8 Å². The second-order valence-electron chi connectivity index (χ2n) is 5.63. The molecule has 3 rings (SSSR count). The van der Waals surface area contributed by atoms with Gasteiger partial charge in [-0.1, -0.05) is 30.0 Å². The molecule has 1 amide bonds. The van der Waals surface area contributed by atoms with Crippen molar-refractivity contribution < 1.29 is 4.79 Å². The number of nitriles is 1. The van der Waals surface area contributed by atoms with Gasteiger partial charge in [-0.25, -0.2) is 9.97 Å². The lowest BCUT2D eigenvalue weighted by Gasteiger charge is -2.35. The molecule has 0 radical (unpaired) electrons. The summed E-state index contributed by atoms with van der Waals surface area (Å²) in [7, 11) is 0. The van der Waals surface area contributed by atoms with Crippen LogP contribution in [0, 0.1) is 11.3 Å². The molecule has 0 saturated carbocycles. The van der Waals surface area contributed by atoms with E-state index in [0.717, 1.165) is 18.5 Å². The van der Waals surface area contributed by atoms with Crippen molar-refractivity contribution >= 4 is 29.2 Å². The third-order valence-electron chi connectivity index (χ3n) is 4.03. The van der Waals surface area contributed by atoms with Gasteiger partial charge in [0.05, 0.1) is 11.9 Å². The van der Waals surface area contributed by atoms with E-state index in [4.69, 9.17) is 11.0 Å². The molecule has 6 nitrogen and oxygen atoms in total. The van der Waals surface area contributed by atoms with Crippen molar-refractivity contribution in [2.24, 2.45) is 0 Å². The predicted octanol–water partition coefficient (Wildman–Crippen LogP) is 2.39. The first kappa shape index (κ1) is 16.3. The average molecular weight is 339 g/mol. The molecule has 0 fully saturated rings. The molecule has 1 aromatic heterocycles. The van der Waals surface area contributed by atoms with Crippen LogP contribution in [0.25, 0.3) is 0 Å². The third kappa shape index (κ3) is 3.19. The lowest BCUT2D eigenvalue weighted by molar-refractivity contribution is -0.116. The van der Waals surface area contributed by atoms with E-state index in [1.807, 2.05) is 29.2 Å². The zero-order valence-corrected chi connectivity index (χ0v) is 14.1. The molecule has 2 heterocycles. The lowest BCUT2D eigenvalue weighted by Crippen LogP contribution is -2.43. The van der Waals surface area contributed by atoms with E-state index >= 15 is 0 Å². The molecule has 2 N–H and O–H groups in total. The van der Waals surface area contributed by atoms with Crippen LogP contribution in [0.1, 0.15) is 24.5 Å². The Bertz CT molecular complexity index is 817.